The van der Waals surface area contributed by atoms with Gasteiger partial charge in [0, 0.05) is 11.0 Å². The van der Waals surface area contributed by atoms with Crippen LogP contribution in [0.2, 0.25) is 0 Å². The molecule has 0 radical (unpaired) electrons. The summed E-state index contributed by atoms with van der Waals surface area (Å²) in [5.41, 5.74) is 5.46. The van der Waals surface area contributed by atoms with E-state index in [0.717, 1.165) is 18.7 Å². The van der Waals surface area contributed by atoms with Crippen LogP contribution >= 0.6 is 11.8 Å². The van der Waals surface area contributed by atoms with E-state index in [4.69, 9.17) is 10.5 Å². The Bertz CT molecular complexity index is 292. The zero-order chi connectivity index (χ0) is 11.8. The van der Waals surface area contributed by atoms with Gasteiger partial charge in [0.25, 0.3) is 0 Å². The lowest BCUT2D eigenvalue weighted by molar-refractivity contribution is 0.343. The Morgan fingerprint density at radius 3 is 2.69 bits per heavy atom. The van der Waals surface area contributed by atoms with Crippen molar-refractivity contribution in [1.29, 1.82) is 0 Å². The molecule has 0 saturated carbocycles. The molecule has 0 aliphatic heterocycles. The second-order valence-corrected chi connectivity index (χ2v) is 5.11. The molecule has 2 nitrogen and oxygen atoms in total. The van der Waals surface area contributed by atoms with Crippen LogP contribution in [0.25, 0.3) is 0 Å². The van der Waals surface area contributed by atoms with Gasteiger partial charge in [-0.15, -0.1) is 0 Å². The largest absolute Gasteiger partial charge is 0.493 e. The van der Waals surface area contributed by atoms with Crippen LogP contribution in [0, 0.1) is 5.82 Å². The van der Waals surface area contributed by atoms with Crippen LogP contribution in [0.15, 0.2) is 24.3 Å². The van der Waals surface area contributed by atoms with Crippen molar-refractivity contribution >= 4 is 11.8 Å². The molecule has 0 fully saturated rings. The molecule has 2 N–H and O–H groups in total. The Morgan fingerprint density at radius 1 is 1.38 bits per heavy atom. The summed E-state index contributed by atoms with van der Waals surface area (Å²) < 4.78 is 18.1. The fourth-order valence-corrected chi connectivity index (χ4v) is 2.14. The lowest BCUT2D eigenvalue weighted by Gasteiger charge is -2.10. The third-order valence-corrected chi connectivity index (χ3v) is 3.35. The van der Waals surface area contributed by atoms with Gasteiger partial charge in [0.1, 0.15) is 11.6 Å². The second kappa shape index (κ2) is 7.52. The zero-order valence-corrected chi connectivity index (χ0v) is 10.3. The van der Waals surface area contributed by atoms with Gasteiger partial charge in [-0.25, -0.2) is 4.39 Å². The van der Waals surface area contributed by atoms with Crippen molar-refractivity contribution in [3.05, 3.63) is 30.1 Å². The molecular weight excluding hydrogens is 225 g/mol. The molecule has 1 unspecified atom stereocenters. The zero-order valence-electron chi connectivity index (χ0n) is 9.49. The summed E-state index contributed by atoms with van der Waals surface area (Å²) in [4.78, 5) is 0. The van der Waals surface area contributed by atoms with E-state index in [9.17, 15) is 4.39 Å². The van der Waals surface area contributed by atoms with Crippen LogP contribution in [0.3, 0.4) is 0 Å². The SMILES string of the molecule is CC(CCN)SCCOc1ccc(F)cc1. The minimum absolute atomic E-state index is 0.238. The van der Waals surface area contributed by atoms with Gasteiger partial charge < -0.3 is 10.5 Å². The molecule has 16 heavy (non-hydrogen) atoms. The van der Waals surface area contributed by atoms with Crippen LogP contribution < -0.4 is 10.5 Å². The first-order valence-electron chi connectivity index (χ1n) is 5.42. The molecule has 1 aromatic carbocycles. The van der Waals surface area contributed by atoms with Crippen molar-refractivity contribution in [1.82, 2.24) is 0 Å². The fraction of sp³-hybridized carbons (Fsp3) is 0.500. The van der Waals surface area contributed by atoms with Gasteiger partial charge in [-0.1, -0.05) is 6.92 Å². The van der Waals surface area contributed by atoms with Gasteiger partial charge in [-0.05, 0) is 37.2 Å². The Morgan fingerprint density at radius 2 is 2.06 bits per heavy atom. The normalized spacial score (nSPS) is 12.4. The van der Waals surface area contributed by atoms with E-state index in [1.807, 2.05) is 11.8 Å². The average molecular weight is 243 g/mol. The van der Waals surface area contributed by atoms with Crippen molar-refractivity contribution in [2.24, 2.45) is 5.73 Å². The second-order valence-electron chi connectivity index (χ2n) is 3.56. The van der Waals surface area contributed by atoms with Crippen molar-refractivity contribution in [2.75, 3.05) is 18.9 Å². The van der Waals surface area contributed by atoms with E-state index in [-0.39, 0.29) is 5.82 Å². The van der Waals surface area contributed by atoms with Crippen LogP contribution in [-0.4, -0.2) is 24.2 Å². The van der Waals surface area contributed by atoms with E-state index in [1.165, 1.54) is 12.1 Å². The highest BCUT2D eigenvalue weighted by Gasteiger charge is 2.01. The summed E-state index contributed by atoms with van der Waals surface area (Å²) in [5.74, 6) is 1.41. The van der Waals surface area contributed by atoms with Crippen molar-refractivity contribution in [3.8, 4) is 5.75 Å². The minimum Gasteiger partial charge on any atom is -0.493 e. The Kier molecular flexibility index (Phi) is 6.26. The highest BCUT2D eigenvalue weighted by Crippen LogP contribution is 2.15. The highest BCUT2D eigenvalue weighted by atomic mass is 32.2. The Balaban J connectivity index is 2.13. The van der Waals surface area contributed by atoms with Gasteiger partial charge in [0.15, 0.2) is 0 Å². The van der Waals surface area contributed by atoms with E-state index < -0.39 is 0 Å². The van der Waals surface area contributed by atoms with E-state index in [2.05, 4.69) is 6.92 Å². The molecule has 1 atom stereocenters. The van der Waals surface area contributed by atoms with Crippen LogP contribution in [0.5, 0.6) is 5.75 Å². The summed E-state index contributed by atoms with van der Waals surface area (Å²) in [6.07, 6.45) is 1.03. The fourth-order valence-electron chi connectivity index (χ4n) is 1.26. The number of halogens is 1. The van der Waals surface area contributed by atoms with Crippen LogP contribution in [0.4, 0.5) is 4.39 Å². The summed E-state index contributed by atoms with van der Waals surface area (Å²) >= 11 is 1.84. The molecular formula is C12H18FNOS. The van der Waals surface area contributed by atoms with Gasteiger partial charge in [0.05, 0.1) is 6.61 Å². The molecule has 1 rings (SSSR count). The van der Waals surface area contributed by atoms with Crippen LogP contribution in [-0.2, 0) is 0 Å². The van der Waals surface area contributed by atoms with E-state index in [1.54, 1.807) is 12.1 Å². The number of hydrogen-bond acceptors (Lipinski definition) is 3. The number of nitrogens with two attached hydrogens (primary N) is 1. The summed E-state index contributed by atoms with van der Waals surface area (Å²) in [5, 5.41) is 0.571. The third kappa shape index (κ3) is 5.37. The Labute approximate surface area is 100 Å². The average Bonchev–Trinajstić information content (AvgIpc) is 2.27. The molecule has 0 aliphatic carbocycles. The molecule has 1 aromatic rings. The first-order chi connectivity index (χ1) is 7.72. The third-order valence-electron chi connectivity index (χ3n) is 2.14. The monoisotopic (exact) mass is 243 g/mol. The van der Waals surface area contributed by atoms with Gasteiger partial charge in [-0.3, -0.25) is 0 Å². The number of thioether (sulfide) groups is 1. The van der Waals surface area contributed by atoms with Crippen molar-refractivity contribution in [2.45, 2.75) is 18.6 Å². The molecule has 0 heterocycles. The maximum Gasteiger partial charge on any atom is 0.123 e. The van der Waals surface area contributed by atoms with Crippen molar-refractivity contribution in [3.63, 3.8) is 0 Å². The number of ether oxygens (including phenoxy) is 1. The first kappa shape index (κ1) is 13.3. The smallest absolute Gasteiger partial charge is 0.123 e. The van der Waals surface area contributed by atoms with Crippen molar-refractivity contribution < 1.29 is 9.13 Å². The molecule has 0 aromatic heterocycles. The molecule has 4 heteroatoms. The lowest BCUT2D eigenvalue weighted by Crippen LogP contribution is -2.09. The summed E-state index contributed by atoms with van der Waals surface area (Å²) in [6.45, 7) is 3.54. The van der Waals surface area contributed by atoms with Crippen LogP contribution in [0.1, 0.15) is 13.3 Å². The predicted molar refractivity (Wildman–Crippen MR) is 67.5 cm³/mol. The standard InChI is InChI=1S/C12H18FNOS/c1-10(6-7-14)16-9-8-15-12-4-2-11(13)3-5-12/h2-5,10H,6-9,14H2,1H3. The van der Waals surface area contributed by atoms with Gasteiger partial charge in [-0.2, -0.15) is 11.8 Å². The maximum absolute atomic E-state index is 12.6. The molecule has 90 valence electrons. The number of rotatable bonds is 7. The lowest BCUT2D eigenvalue weighted by atomic mass is 10.3. The molecule has 0 amide bonds. The summed E-state index contributed by atoms with van der Waals surface area (Å²) in [6, 6.07) is 6.09. The van der Waals surface area contributed by atoms with E-state index in [0.29, 0.717) is 17.6 Å². The maximum atomic E-state index is 12.6. The van der Waals surface area contributed by atoms with Gasteiger partial charge in [0.2, 0.25) is 0 Å². The summed E-state index contributed by atoms with van der Waals surface area (Å²) in [7, 11) is 0. The van der Waals surface area contributed by atoms with Gasteiger partial charge >= 0.3 is 0 Å². The molecule has 0 aliphatic rings. The number of benzene rings is 1. The molecule has 0 saturated heterocycles. The quantitative estimate of drug-likeness (QED) is 0.748. The minimum atomic E-state index is -0.238. The highest BCUT2D eigenvalue weighted by molar-refractivity contribution is 7.99. The predicted octanol–water partition coefficient (Wildman–Crippen LogP) is 2.68. The first-order valence-corrected chi connectivity index (χ1v) is 6.47. The number of hydrogen-bond donors (Lipinski definition) is 1. The topological polar surface area (TPSA) is 35.2 Å². The molecule has 0 bridgehead atoms. The Hall–Kier alpha value is -0.740. The molecule has 0 spiro atoms. The van der Waals surface area contributed by atoms with E-state index >= 15 is 0 Å².